The van der Waals surface area contributed by atoms with Crippen LogP contribution in [0.4, 0.5) is 0 Å². The normalized spacial score (nSPS) is 11.3. The van der Waals surface area contributed by atoms with Gasteiger partial charge in [0, 0.05) is 18.6 Å². The highest BCUT2D eigenvalue weighted by molar-refractivity contribution is 7.07. The molecule has 116 valence electrons. The van der Waals surface area contributed by atoms with Crippen LogP contribution < -0.4 is 14.9 Å². The predicted molar refractivity (Wildman–Crippen MR) is 83.8 cm³/mol. The van der Waals surface area contributed by atoms with E-state index < -0.39 is 5.91 Å². The first kappa shape index (κ1) is 16.0. The highest BCUT2D eigenvalue weighted by atomic mass is 32.1. The molecule has 0 radical (unpaired) electrons. The SMILES string of the molecule is CCOc1ccccc1C(=O)NCC(=O)N=c1sccn1C. The Labute approximate surface area is 132 Å². The van der Waals surface area contributed by atoms with E-state index in [-0.39, 0.29) is 12.5 Å². The maximum absolute atomic E-state index is 12.1. The molecule has 1 heterocycles. The molecule has 6 nitrogen and oxygen atoms in total. The van der Waals surface area contributed by atoms with Crippen molar-refractivity contribution < 1.29 is 14.3 Å². The topological polar surface area (TPSA) is 72.7 Å². The van der Waals surface area contributed by atoms with Crippen molar-refractivity contribution in [2.75, 3.05) is 13.2 Å². The summed E-state index contributed by atoms with van der Waals surface area (Å²) in [6.45, 7) is 2.16. The van der Waals surface area contributed by atoms with Gasteiger partial charge in [0.25, 0.3) is 11.8 Å². The van der Waals surface area contributed by atoms with Gasteiger partial charge in [-0.25, -0.2) is 0 Å². The van der Waals surface area contributed by atoms with Crippen LogP contribution >= 0.6 is 11.3 Å². The lowest BCUT2D eigenvalue weighted by molar-refractivity contribution is -0.117. The number of nitrogens with zero attached hydrogens (tertiary/aromatic N) is 2. The Morgan fingerprint density at radius 3 is 2.82 bits per heavy atom. The summed E-state index contributed by atoms with van der Waals surface area (Å²) in [6.07, 6.45) is 1.81. The molecule has 22 heavy (non-hydrogen) atoms. The van der Waals surface area contributed by atoms with Gasteiger partial charge in [-0.1, -0.05) is 12.1 Å². The molecule has 0 bridgehead atoms. The molecular formula is C15H17N3O3S. The number of amides is 2. The van der Waals surface area contributed by atoms with E-state index in [1.54, 1.807) is 35.9 Å². The lowest BCUT2D eigenvalue weighted by Gasteiger charge is -2.09. The minimum atomic E-state index is -0.403. The molecule has 0 aliphatic heterocycles. The fourth-order valence-electron chi connectivity index (χ4n) is 1.77. The van der Waals surface area contributed by atoms with Crippen molar-refractivity contribution in [3.05, 3.63) is 46.2 Å². The molecule has 2 rings (SSSR count). The molecule has 0 aliphatic rings. The van der Waals surface area contributed by atoms with E-state index in [0.717, 1.165) is 0 Å². The summed E-state index contributed by atoms with van der Waals surface area (Å²) in [4.78, 5) is 28.4. The molecular weight excluding hydrogens is 302 g/mol. The van der Waals surface area contributed by atoms with Gasteiger partial charge in [-0.05, 0) is 19.1 Å². The molecule has 0 saturated carbocycles. The van der Waals surface area contributed by atoms with Gasteiger partial charge in [0.1, 0.15) is 5.75 Å². The summed E-state index contributed by atoms with van der Waals surface area (Å²) in [6, 6.07) is 6.91. The first-order chi connectivity index (χ1) is 10.6. The number of para-hydroxylation sites is 1. The summed E-state index contributed by atoms with van der Waals surface area (Å²) < 4.78 is 7.14. The van der Waals surface area contributed by atoms with Gasteiger partial charge < -0.3 is 14.6 Å². The number of hydrogen-bond acceptors (Lipinski definition) is 4. The molecule has 0 atom stereocenters. The lowest BCUT2D eigenvalue weighted by Crippen LogP contribution is -2.30. The third-order valence-electron chi connectivity index (χ3n) is 2.81. The van der Waals surface area contributed by atoms with Crippen molar-refractivity contribution in [1.82, 2.24) is 9.88 Å². The highest BCUT2D eigenvalue weighted by Crippen LogP contribution is 2.17. The second kappa shape index (κ2) is 7.56. The lowest BCUT2D eigenvalue weighted by atomic mass is 10.2. The predicted octanol–water partition coefficient (Wildman–Crippen LogP) is 1.34. The summed E-state index contributed by atoms with van der Waals surface area (Å²) in [7, 11) is 1.81. The molecule has 0 aliphatic carbocycles. The maximum atomic E-state index is 12.1. The third kappa shape index (κ3) is 4.05. The summed E-state index contributed by atoms with van der Waals surface area (Å²) in [5.74, 6) is -0.264. The monoisotopic (exact) mass is 319 g/mol. The van der Waals surface area contributed by atoms with Gasteiger partial charge >= 0.3 is 0 Å². The maximum Gasteiger partial charge on any atom is 0.267 e. The molecule has 0 spiro atoms. The van der Waals surface area contributed by atoms with Gasteiger partial charge in [-0.15, -0.1) is 11.3 Å². The van der Waals surface area contributed by atoms with Gasteiger partial charge in [0.2, 0.25) is 0 Å². The van der Waals surface area contributed by atoms with Crippen LogP contribution in [-0.2, 0) is 11.8 Å². The molecule has 2 amide bonds. The first-order valence-electron chi connectivity index (χ1n) is 6.79. The van der Waals surface area contributed by atoms with Crippen molar-refractivity contribution >= 4 is 23.2 Å². The largest absolute Gasteiger partial charge is 0.493 e. The number of hydrogen-bond donors (Lipinski definition) is 1. The number of rotatable bonds is 5. The van der Waals surface area contributed by atoms with Gasteiger partial charge in [0.05, 0.1) is 18.7 Å². The minimum Gasteiger partial charge on any atom is -0.493 e. The van der Waals surface area contributed by atoms with E-state index in [1.165, 1.54) is 11.3 Å². The number of ether oxygens (including phenoxy) is 1. The number of aryl methyl sites for hydroxylation is 1. The summed E-state index contributed by atoms with van der Waals surface area (Å²) >= 11 is 1.36. The van der Waals surface area contributed by atoms with Crippen LogP contribution in [-0.4, -0.2) is 29.5 Å². The smallest absolute Gasteiger partial charge is 0.267 e. The van der Waals surface area contributed by atoms with Crippen molar-refractivity contribution in [2.24, 2.45) is 12.0 Å². The van der Waals surface area contributed by atoms with Crippen LogP contribution in [0.1, 0.15) is 17.3 Å². The fraction of sp³-hybridized carbons (Fsp3) is 0.267. The summed E-state index contributed by atoms with van der Waals surface area (Å²) in [5, 5.41) is 4.40. The number of carbonyl (C=O) groups excluding carboxylic acids is 2. The molecule has 0 unspecified atom stereocenters. The van der Waals surface area contributed by atoms with Crippen LogP contribution in [0.2, 0.25) is 0 Å². The Morgan fingerprint density at radius 2 is 2.14 bits per heavy atom. The molecule has 7 heteroatoms. The molecule has 0 saturated heterocycles. The Kier molecular flexibility index (Phi) is 5.48. The van der Waals surface area contributed by atoms with Crippen molar-refractivity contribution in [3.8, 4) is 5.75 Å². The third-order valence-corrected chi connectivity index (χ3v) is 3.66. The van der Waals surface area contributed by atoms with E-state index in [2.05, 4.69) is 10.3 Å². The number of aromatic nitrogens is 1. The second-order valence-corrected chi connectivity index (χ2v) is 5.29. The zero-order valence-electron chi connectivity index (χ0n) is 12.4. The van der Waals surface area contributed by atoms with E-state index in [4.69, 9.17) is 4.74 Å². The van der Waals surface area contributed by atoms with Crippen molar-refractivity contribution in [1.29, 1.82) is 0 Å². The van der Waals surface area contributed by atoms with Crippen molar-refractivity contribution in [3.63, 3.8) is 0 Å². The quantitative estimate of drug-likeness (QED) is 0.904. The van der Waals surface area contributed by atoms with Gasteiger partial charge in [-0.3, -0.25) is 9.59 Å². The van der Waals surface area contributed by atoms with Crippen LogP contribution in [0.15, 0.2) is 40.8 Å². The molecule has 1 aromatic heterocycles. The number of carbonyl (C=O) groups is 2. The standard InChI is InChI=1S/C15H17N3O3S/c1-3-21-12-7-5-4-6-11(12)14(20)16-10-13(19)17-15-18(2)8-9-22-15/h4-9H,3,10H2,1-2H3,(H,16,20). The van der Waals surface area contributed by atoms with E-state index in [1.807, 2.05) is 18.5 Å². The zero-order chi connectivity index (χ0) is 15.9. The van der Waals surface area contributed by atoms with E-state index in [0.29, 0.717) is 22.7 Å². The molecule has 2 aromatic rings. The Bertz CT molecular complexity index is 733. The number of thiazole rings is 1. The highest BCUT2D eigenvalue weighted by Gasteiger charge is 2.12. The Balaban J connectivity index is 2.02. The average molecular weight is 319 g/mol. The number of benzene rings is 1. The van der Waals surface area contributed by atoms with Crippen molar-refractivity contribution in [2.45, 2.75) is 6.92 Å². The van der Waals surface area contributed by atoms with Crippen LogP contribution in [0.5, 0.6) is 5.75 Å². The minimum absolute atomic E-state index is 0.156. The van der Waals surface area contributed by atoms with Gasteiger partial charge in [0.15, 0.2) is 4.80 Å². The van der Waals surface area contributed by atoms with E-state index in [9.17, 15) is 9.59 Å². The Hall–Kier alpha value is -2.41. The first-order valence-corrected chi connectivity index (χ1v) is 7.67. The average Bonchev–Trinajstić information content (AvgIpc) is 2.91. The second-order valence-electron chi connectivity index (χ2n) is 4.41. The Morgan fingerprint density at radius 1 is 1.36 bits per heavy atom. The fourth-order valence-corrected chi connectivity index (χ4v) is 2.51. The van der Waals surface area contributed by atoms with Crippen LogP contribution in [0.25, 0.3) is 0 Å². The van der Waals surface area contributed by atoms with Crippen LogP contribution in [0, 0.1) is 0 Å². The zero-order valence-corrected chi connectivity index (χ0v) is 13.2. The van der Waals surface area contributed by atoms with Crippen LogP contribution in [0.3, 0.4) is 0 Å². The molecule has 1 N–H and O–H groups in total. The van der Waals surface area contributed by atoms with Gasteiger partial charge in [-0.2, -0.15) is 4.99 Å². The molecule has 0 fully saturated rings. The van der Waals surface area contributed by atoms with E-state index >= 15 is 0 Å². The number of nitrogens with one attached hydrogen (secondary N) is 1. The molecule has 1 aromatic carbocycles. The summed E-state index contributed by atoms with van der Waals surface area (Å²) in [5.41, 5.74) is 0.402.